The minimum Gasteiger partial charge on any atom is -0.494 e. The highest BCUT2D eigenvalue weighted by atomic mass is 79.9. The lowest BCUT2D eigenvalue weighted by molar-refractivity contribution is -0.123. The van der Waals surface area contributed by atoms with Gasteiger partial charge in [-0.1, -0.05) is 75.6 Å². The van der Waals surface area contributed by atoms with Crippen LogP contribution in [0.15, 0.2) is 118 Å². The Morgan fingerprint density at radius 2 is 1.70 bits per heavy atom. The maximum atomic E-state index is 14.5. The number of carbonyl (C=O) groups is 1. The summed E-state index contributed by atoms with van der Waals surface area (Å²) in [6.07, 6.45) is -0.0468. The number of hydrogen-bond acceptors (Lipinski definition) is 6. The second-order valence-corrected chi connectivity index (χ2v) is 10.9. The molecule has 5 rings (SSSR count). The van der Waals surface area contributed by atoms with Crippen LogP contribution < -0.4 is 10.1 Å². The summed E-state index contributed by atoms with van der Waals surface area (Å²) >= 11 is 3.51. The van der Waals surface area contributed by atoms with Gasteiger partial charge in [0.25, 0.3) is 5.91 Å². The zero-order chi connectivity index (χ0) is 30.1. The first-order chi connectivity index (χ1) is 21.0. The second kappa shape index (κ2) is 14.0. The van der Waals surface area contributed by atoms with Crippen LogP contribution in [-0.2, 0) is 22.5 Å². The summed E-state index contributed by atoms with van der Waals surface area (Å²) in [5.74, 6) is 0.648. The number of aliphatic hydroxyl groups is 1. The number of aliphatic imine (C=N–C) groups is 1. The van der Waals surface area contributed by atoms with Gasteiger partial charge >= 0.3 is 0 Å². The Bertz CT molecular complexity index is 1620. The quantitative estimate of drug-likeness (QED) is 0.0737. The SMILES string of the molecule is [N-]=[N+]=NCc1ccccc1C[C@@]1(C(=O)Nc2ccccc2)N=C(c2ccc(OCCCO)cc2)O[C@@H]1c1ccc(Br)cc1. The van der Waals surface area contributed by atoms with E-state index in [-0.39, 0.29) is 25.5 Å². The minimum atomic E-state index is -1.41. The molecule has 0 aliphatic carbocycles. The van der Waals surface area contributed by atoms with Gasteiger partial charge in [-0.05, 0) is 70.8 Å². The number of benzene rings is 4. The van der Waals surface area contributed by atoms with Crippen LogP contribution in [-0.4, -0.2) is 35.7 Å². The molecule has 218 valence electrons. The van der Waals surface area contributed by atoms with Crippen LogP contribution in [0.25, 0.3) is 10.4 Å². The molecule has 43 heavy (non-hydrogen) atoms. The van der Waals surface area contributed by atoms with E-state index in [4.69, 9.17) is 25.1 Å². The lowest BCUT2D eigenvalue weighted by Gasteiger charge is -2.31. The number of azide groups is 1. The highest BCUT2D eigenvalue weighted by Gasteiger charge is 2.53. The van der Waals surface area contributed by atoms with Crippen LogP contribution in [0.1, 0.15) is 34.8 Å². The first-order valence-electron chi connectivity index (χ1n) is 13.8. The molecule has 1 amide bonds. The Morgan fingerprint density at radius 3 is 2.40 bits per heavy atom. The third kappa shape index (κ3) is 7.06. The van der Waals surface area contributed by atoms with Gasteiger partial charge in [0.1, 0.15) is 5.75 Å². The molecule has 1 heterocycles. The molecule has 0 bridgehead atoms. The van der Waals surface area contributed by atoms with E-state index in [1.807, 2.05) is 103 Å². The van der Waals surface area contributed by atoms with Gasteiger partial charge in [0.05, 0.1) is 13.2 Å². The summed E-state index contributed by atoms with van der Waals surface area (Å²) in [5, 5.41) is 15.9. The number of amides is 1. The van der Waals surface area contributed by atoms with Crippen LogP contribution in [0, 0.1) is 0 Å². The van der Waals surface area contributed by atoms with Crippen molar-refractivity contribution >= 4 is 33.4 Å². The van der Waals surface area contributed by atoms with E-state index >= 15 is 0 Å². The number of halogens is 1. The Morgan fingerprint density at radius 1 is 1.00 bits per heavy atom. The van der Waals surface area contributed by atoms with Gasteiger partial charge in [0.15, 0.2) is 11.6 Å². The molecule has 9 nitrogen and oxygen atoms in total. The summed E-state index contributed by atoms with van der Waals surface area (Å²) in [6.45, 7) is 0.595. The second-order valence-electron chi connectivity index (χ2n) is 10.00. The Kier molecular flexibility index (Phi) is 9.73. The molecule has 1 aliphatic rings. The van der Waals surface area contributed by atoms with E-state index < -0.39 is 11.6 Å². The van der Waals surface area contributed by atoms with Gasteiger partial charge < -0.3 is 19.9 Å². The predicted molar refractivity (Wildman–Crippen MR) is 169 cm³/mol. The number of anilines is 1. The first-order valence-corrected chi connectivity index (χ1v) is 14.6. The summed E-state index contributed by atoms with van der Waals surface area (Å²) in [5.41, 5.74) is 11.3. The molecule has 0 saturated carbocycles. The predicted octanol–water partition coefficient (Wildman–Crippen LogP) is 7.16. The van der Waals surface area contributed by atoms with Gasteiger partial charge in [-0.2, -0.15) is 0 Å². The topological polar surface area (TPSA) is 129 Å². The number of nitrogens with one attached hydrogen (secondary N) is 1. The van der Waals surface area contributed by atoms with Crippen molar-refractivity contribution in [2.75, 3.05) is 18.5 Å². The zero-order valence-electron chi connectivity index (χ0n) is 23.3. The molecule has 10 heteroatoms. The summed E-state index contributed by atoms with van der Waals surface area (Å²) in [6, 6.07) is 31.8. The molecule has 2 N–H and O–H groups in total. The summed E-state index contributed by atoms with van der Waals surface area (Å²) in [4.78, 5) is 22.5. The highest BCUT2D eigenvalue weighted by Crippen LogP contribution is 2.44. The van der Waals surface area contributed by atoms with Crippen LogP contribution in [0.2, 0.25) is 0 Å². The average molecular weight is 641 g/mol. The van der Waals surface area contributed by atoms with E-state index in [0.717, 1.165) is 21.2 Å². The summed E-state index contributed by atoms with van der Waals surface area (Å²) in [7, 11) is 0. The standard InChI is InChI=1S/C33H30BrN5O4/c34-27-15-11-23(12-16-27)30-33(32(41)37-28-9-2-1-3-10-28,21-25-7-4-5-8-26(25)22-36-39-35)38-31(43-30)24-13-17-29(18-14-24)42-20-6-19-40/h1-5,7-18,30,40H,6,19-22H2,(H,37,41)/t30-,33-/m1/s1. The van der Waals surface area contributed by atoms with Crippen molar-refractivity contribution in [3.05, 3.63) is 140 Å². The van der Waals surface area contributed by atoms with Crippen molar-refractivity contribution in [3.8, 4) is 5.75 Å². The van der Waals surface area contributed by atoms with E-state index in [0.29, 0.717) is 35.9 Å². The van der Waals surface area contributed by atoms with E-state index in [2.05, 4.69) is 31.3 Å². The van der Waals surface area contributed by atoms with Crippen LogP contribution in [0.4, 0.5) is 5.69 Å². The zero-order valence-corrected chi connectivity index (χ0v) is 24.9. The largest absolute Gasteiger partial charge is 0.494 e. The number of rotatable bonds is 12. The molecule has 0 spiro atoms. The third-order valence-electron chi connectivity index (χ3n) is 7.12. The Labute approximate surface area is 258 Å². The normalized spacial score (nSPS) is 17.3. The number of ether oxygens (including phenoxy) is 2. The molecule has 4 aromatic carbocycles. The highest BCUT2D eigenvalue weighted by molar-refractivity contribution is 9.10. The molecule has 2 atom stereocenters. The van der Waals surface area contributed by atoms with Crippen LogP contribution >= 0.6 is 15.9 Å². The Hall–Kier alpha value is -4.63. The van der Waals surface area contributed by atoms with Gasteiger partial charge in [0.2, 0.25) is 5.90 Å². The van der Waals surface area contributed by atoms with E-state index in [1.54, 1.807) is 0 Å². The fraction of sp³-hybridized carbons (Fsp3) is 0.212. The van der Waals surface area contributed by atoms with Crippen molar-refractivity contribution in [2.24, 2.45) is 10.1 Å². The molecular formula is C33H30BrN5O4. The van der Waals surface area contributed by atoms with Gasteiger partial charge in [0, 0.05) is 40.1 Å². The number of hydrogen-bond donors (Lipinski definition) is 2. The lowest BCUT2D eigenvalue weighted by atomic mass is 9.81. The van der Waals surface area contributed by atoms with E-state index in [1.165, 1.54) is 0 Å². The smallest absolute Gasteiger partial charge is 0.257 e. The number of carbonyl (C=O) groups excluding carboxylic acids is 1. The molecule has 0 unspecified atom stereocenters. The number of para-hydroxylation sites is 1. The number of nitrogens with zero attached hydrogens (tertiary/aromatic N) is 4. The van der Waals surface area contributed by atoms with Gasteiger partial charge in [-0.15, -0.1) is 0 Å². The number of aliphatic hydroxyl groups excluding tert-OH is 1. The monoisotopic (exact) mass is 639 g/mol. The van der Waals surface area contributed by atoms with Crippen LogP contribution in [0.5, 0.6) is 5.75 Å². The fourth-order valence-electron chi connectivity index (χ4n) is 4.96. The average Bonchev–Trinajstić information content (AvgIpc) is 3.42. The fourth-order valence-corrected chi connectivity index (χ4v) is 5.23. The molecule has 0 aromatic heterocycles. The van der Waals surface area contributed by atoms with Gasteiger partial charge in [-0.25, -0.2) is 4.99 Å². The van der Waals surface area contributed by atoms with E-state index in [9.17, 15) is 4.79 Å². The molecule has 0 saturated heterocycles. The maximum absolute atomic E-state index is 14.5. The molecule has 1 aliphatic heterocycles. The first kappa shape index (κ1) is 29.8. The Balaban J connectivity index is 1.62. The molecule has 0 fully saturated rings. The molecular weight excluding hydrogens is 610 g/mol. The third-order valence-corrected chi connectivity index (χ3v) is 7.65. The lowest BCUT2D eigenvalue weighted by Crippen LogP contribution is -2.47. The van der Waals surface area contributed by atoms with Crippen molar-refractivity contribution in [3.63, 3.8) is 0 Å². The minimum absolute atomic E-state index is 0.0549. The summed E-state index contributed by atoms with van der Waals surface area (Å²) < 4.78 is 13.2. The van der Waals surface area contributed by atoms with Crippen molar-refractivity contribution in [1.82, 2.24) is 0 Å². The van der Waals surface area contributed by atoms with Crippen molar-refractivity contribution < 1.29 is 19.4 Å². The van der Waals surface area contributed by atoms with Gasteiger partial charge in [-0.3, -0.25) is 4.79 Å². The maximum Gasteiger partial charge on any atom is 0.257 e. The van der Waals surface area contributed by atoms with Crippen LogP contribution in [0.3, 0.4) is 0 Å². The van der Waals surface area contributed by atoms with Crippen molar-refractivity contribution in [1.29, 1.82) is 0 Å². The molecule has 0 radical (unpaired) electrons. The molecule has 4 aromatic rings. The van der Waals surface area contributed by atoms with Crippen molar-refractivity contribution in [2.45, 2.75) is 31.0 Å².